The van der Waals surface area contributed by atoms with E-state index >= 15 is 0 Å². The second kappa shape index (κ2) is 7.88. The maximum Gasteiger partial charge on any atom is 0.325 e. The molecule has 29 heavy (non-hydrogen) atoms. The lowest BCUT2D eigenvalue weighted by Gasteiger charge is -2.42. The van der Waals surface area contributed by atoms with Gasteiger partial charge in [-0.1, -0.05) is 11.6 Å². The third kappa shape index (κ3) is 4.21. The van der Waals surface area contributed by atoms with E-state index in [1.165, 1.54) is 0 Å². The molecule has 1 unspecified atom stereocenters. The van der Waals surface area contributed by atoms with Crippen LogP contribution in [0.5, 0.6) is 0 Å². The van der Waals surface area contributed by atoms with Gasteiger partial charge in [0.1, 0.15) is 12.1 Å². The van der Waals surface area contributed by atoms with Crippen LogP contribution in [-0.2, 0) is 29.3 Å². The number of ether oxygens (including phenoxy) is 2. The quantitative estimate of drug-likeness (QED) is 0.593. The fourth-order valence-corrected chi connectivity index (χ4v) is 4.10. The third-order valence-electron chi connectivity index (χ3n) is 5.19. The van der Waals surface area contributed by atoms with Crippen molar-refractivity contribution >= 4 is 35.0 Å². The van der Waals surface area contributed by atoms with Crippen LogP contribution < -0.4 is 5.32 Å². The number of amides is 1. The highest BCUT2D eigenvalue weighted by atomic mass is 35.5. The first kappa shape index (κ1) is 21.5. The second-order valence-corrected chi connectivity index (χ2v) is 8.79. The molecule has 1 aliphatic carbocycles. The van der Waals surface area contributed by atoms with Gasteiger partial charge >= 0.3 is 5.97 Å². The van der Waals surface area contributed by atoms with Gasteiger partial charge in [0.2, 0.25) is 5.91 Å². The van der Waals surface area contributed by atoms with Crippen molar-refractivity contribution in [3.05, 3.63) is 34.3 Å². The minimum Gasteiger partial charge on any atom is -0.459 e. The summed E-state index contributed by atoms with van der Waals surface area (Å²) in [5.74, 6) is -4.00. The molecule has 3 rings (SSSR count). The number of ketones is 2. The van der Waals surface area contributed by atoms with Gasteiger partial charge in [0.15, 0.2) is 17.5 Å². The maximum atomic E-state index is 13.4. The number of benzene rings is 1. The van der Waals surface area contributed by atoms with Gasteiger partial charge in [0, 0.05) is 23.8 Å². The number of halogens is 1. The van der Waals surface area contributed by atoms with Crippen molar-refractivity contribution in [2.75, 3.05) is 19.8 Å². The Labute approximate surface area is 174 Å². The molecule has 0 radical (unpaired) electrons. The van der Waals surface area contributed by atoms with Crippen molar-refractivity contribution < 1.29 is 28.7 Å². The number of carbonyl (C=O) groups excluding carboxylic acids is 4. The van der Waals surface area contributed by atoms with Gasteiger partial charge in [-0.3, -0.25) is 19.2 Å². The van der Waals surface area contributed by atoms with Crippen LogP contribution in [0, 0.1) is 5.92 Å². The number of rotatable bonds is 3. The van der Waals surface area contributed by atoms with Crippen molar-refractivity contribution in [2.45, 2.75) is 44.6 Å². The molecule has 1 spiro atoms. The molecule has 1 N–H and O–H groups in total. The molecular weight excluding hydrogens is 398 g/mol. The first-order valence-electron chi connectivity index (χ1n) is 9.51. The van der Waals surface area contributed by atoms with Crippen molar-refractivity contribution in [3.63, 3.8) is 0 Å². The molecule has 2 aliphatic rings. The average Bonchev–Trinajstić information content (AvgIpc) is 2.64. The van der Waals surface area contributed by atoms with E-state index in [-0.39, 0.29) is 0 Å². The third-order valence-corrected chi connectivity index (χ3v) is 5.43. The lowest BCUT2D eigenvalue weighted by atomic mass is 9.61. The van der Waals surface area contributed by atoms with E-state index in [0.29, 0.717) is 42.2 Å². The van der Waals surface area contributed by atoms with Gasteiger partial charge in [0.05, 0.1) is 5.41 Å². The second-order valence-electron chi connectivity index (χ2n) is 8.35. The Balaban J connectivity index is 1.89. The zero-order valence-electron chi connectivity index (χ0n) is 16.7. The predicted molar refractivity (Wildman–Crippen MR) is 105 cm³/mol. The molecule has 8 heteroatoms. The summed E-state index contributed by atoms with van der Waals surface area (Å²) < 4.78 is 10.6. The van der Waals surface area contributed by atoms with E-state index < -0.39 is 46.9 Å². The molecule has 1 aromatic rings. The zero-order chi connectivity index (χ0) is 21.4. The lowest BCUT2D eigenvalue weighted by Crippen LogP contribution is -2.55. The molecule has 1 amide bonds. The molecule has 1 saturated heterocycles. The normalized spacial score (nSPS) is 20.9. The van der Waals surface area contributed by atoms with Crippen LogP contribution in [-0.4, -0.2) is 48.8 Å². The van der Waals surface area contributed by atoms with Crippen LogP contribution in [0.2, 0.25) is 5.02 Å². The Hall–Kier alpha value is -2.25. The van der Waals surface area contributed by atoms with Crippen molar-refractivity contribution in [1.29, 1.82) is 0 Å². The molecule has 7 nitrogen and oxygen atoms in total. The van der Waals surface area contributed by atoms with Crippen LogP contribution in [0.15, 0.2) is 18.2 Å². The van der Waals surface area contributed by atoms with E-state index in [1.807, 2.05) is 0 Å². The zero-order valence-corrected chi connectivity index (χ0v) is 17.4. The summed E-state index contributed by atoms with van der Waals surface area (Å²) in [6, 6.07) is 4.75. The predicted octanol–water partition coefficient (Wildman–Crippen LogP) is 2.23. The van der Waals surface area contributed by atoms with Crippen molar-refractivity contribution in [3.8, 4) is 0 Å². The van der Waals surface area contributed by atoms with E-state index in [1.54, 1.807) is 39.0 Å². The van der Waals surface area contributed by atoms with Gasteiger partial charge in [0.25, 0.3) is 0 Å². The Bertz CT molecular complexity index is 866. The van der Waals surface area contributed by atoms with E-state index in [2.05, 4.69) is 5.32 Å². The molecule has 1 aliphatic heterocycles. The van der Waals surface area contributed by atoms with E-state index in [0.717, 1.165) is 0 Å². The van der Waals surface area contributed by atoms with Gasteiger partial charge in [-0.25, -0.2) is 0 Å². The number of Topliss-reactive ketones (excluding diaryl/α,β-unsaturated/α-hetero) is 2. The minimum absolute atomic E-state index is 0.313. The summed E-state index contributed by atoms with van der Waals surface area (Å²) >= 11 is 6.13. The number of carbonyl (C=O) groups is 4. The molecule has 0 bridgehead atoms. The molecule has 0 saturated carbocycles. The summed E-state index contributed by atoms with van der Waals surface area (Å²) in [6.45, 7) is 5.39. The Morgan fingerprint density at radius 1 is 1.24 bits per heavy atom. The first-order chi connectivity index (χ1) is 13.5. The fourth-order valence-electron chi connectivity index (χ4n) is 3.92. The number of fused-ring (bicyclic) bond motifs is 2. The van der Waals surface area contributed by atoms with Gasteiger partial charge < -0.3 is 14.8 Å². The standard InChI is InChI=1S/C21H24ClNO6/c1-20(2,3)29-15(24)11-23-19(27)16-17(25)13-5-4-12(22)10-14(13)21(18(16)26)6-8-28-9-7-21/h4-5,10,16H,6-9,11H2,1-3H3,(H,23,27). The molecule has 156 valence electrons. The molecule has 1 aromatic carbocycles. The molecule has 1 fully saturated rings. The largest absolute Gasteiger partial charge is 0.459 e. The Morgan fingerprint density at radius 3 is 2.52 bits per heavy atom. The maximum absolute atomic E-state index is 13.4. The molecule has 0 aromatic heterocycles. The SMILES string of the molecule is CC(C)(C)OC(=O)CNC(=O)C1C(=O)c2ccc(Cl)cc2C2(CCOCC2)C1=O. The van der Waals surface area contributed by atoms with Gasteiger partial charge in [-0.05, 0) is 57.4 Å². The summed E-state index contributed by atoms with van der Waals surface area (Å²) in [7, 11) is 0. The average molecular weight is 422 g/mol. The van der Waals surface area contributed by atoms with Gasteiger partial charge in [-0.15, -0.1) is 0 Å². The molecular formula is C21H24ClNO6. The molecule has 1 heterocycles. The fraction of sp³-hybridized carbons (Fsp3) is 0.524. The smallest absolute Gasteiger partial charge is 0.325 e. The summed E-state index contributed by atoms with van der Waals surface area (Å²) in [5.41, 5.74) is -0.837. The molecule has 1 atom stereocenters. The van der Waals surface area contributed by atoms with E-state index in [4.69, 9.17) is 21.1 Å². The van der Waals surface area contributed by atoms with Gasteiger partial charge in [-0.2, -0.15) is 0 Å². The number of hydrogen-bond donors (Lipinski definition) is 1. The summed E-state index contributed by atoms with van der Waals surface area (Å²) in [4.78, 5) is 51.1. The highest BCUT2D eigenvalue weighted by molar-refractivity contribution is 6.32. The Kier molecular flexibility index (Phi) is 5.83. The minimum atomic E-state index is -1.51. The van der Waals surface area contributed by atoms with Crippen LogP contribution in [0.3, 0.4) is 0 Å². The van der Waals surface area contributed by atoms with Crippen LogP contribution in [0.4, 0.5) is 0 Å². The van der Waals surface area contributed by atoms with Crippen molar-refractivity contribution in [2.24, 2.45) is 5.92 Å². The number of hydrogen-bond acceptors (Lipinski definition) is 6. The first-order valence-corrected chi connectivity index (χ1v) is 9.89. The summed E-state index contributed by atoms with van der Waals surface area (Å²) in [5, 5.41) is 2.81. The van der Waals surface area contributed by atoms with E-state index in [9.17, 15) is 19.2 Å². The Morgan fingerprint density at radius 2 is 1.90 bits per heavy atom. The monoisotopic (exact) mass is 421 g/mol. The van der Waals surface area contributed by atoms with Crippen LogP contribution in [0.25, 0.3) is 0 Å². The highest BCUT2D eigenvalue weighted by Crippen LogP contribution is 2.45. The topological polar surface area (TPSA) is 98.8 Å². The number of esters is 1. The highest BCUT2D eigenvalue weighted by Gasteiger charge is 2.54. The lowest BCUT2D eigenvalue weighted by molar-refractivity contribution is -0.155. The van der Waals surface area contributed by atoms with Crippen LogP contribution >= 0.6 is 11.6 Å². The summed E-state index contributed by atoms with van der Waals surface area (Å²) in [6.07, 6.45) is 0.727. The number of nitrogens with one attached hydrogen (secondary N) is 1. The van der Waals surface area contributed by atoms with Crippen LogP contribution in [0.1, 0.15) is 49.5 Å². The van der Waals surface area contributed by atoms with Crippen molar-refractivity contribution in [1.82, 2.24) is 5.32 Å².